The Labute approximate surface area is 136 Å². The summed E-state index contributed by atoms with van der Waals surface area (Å²) >= 11 is 4.90. The maximum absolute atomic E-state index is 12.0. The number of halogens is 1. The largest absolute Gasteiger partial charge is 0.480 e. The maximum Gasteiger partial charge on any atom is 0.329 e. The zero-order valence-corrected chi connectivity index (χ0v) is 14.2. The summed E-state index contributed by atoms with van der Waals surface area (Å²) in [5.74, 6) is -0.422. The van der Waals surface area contributed by atoms with Crippen LogP contribution in [0.5, 0.6) is 0 Å². The summed E-state index contributed by atoms with van der Waals surface area (Å²) in [5, 5.41) is 14.9. The van der Waals surface area contributed by atoms with Gasteiger partial charge < -0.3 is 15.7 Å². The lowest BCUT2D eigenvalue weighted by Crippen LogP contribution is -2.58. The van der Waals surface area contributed by atoms with Crippen molar-refractivity contribution in [2.24, 2.45) is 5.92 Å². The van der Waals surface area contributed by atoms with Crippen molar-refractivity contribution >= 4 is 39.3 Å². The molecule has 0 radical (unpaired) electrons. The topological polar surface area (TPSA) is 78.4 Å². The lowest BCUT2D eigenvalue weighted by molar-refractivity contribution is -0.146. The summed E-state index contributed by atoms with van der Waals surface area (Å²) in [6, 6.07) is 3.42. The van der Waals surface area contributed by atoms with Gasteiger partial charge in [-0.3, -0.25) is 0 Å². The number of carboxylic acid groups (broad SMARTS) is 1. The second kappa shape index (κ2) is 6.79. The van der Waals surface area contributed by atoms with Crippen LogP contribution in [0.3, 0.4) is 0 Å². The highest BCUT2D eigenvalue weighted by Gasteiger charge is 2.42. The molecule has 1 aromatic heterocycles. The van der Waals surface area contributed by atoms with E-state index in [-0.39, 0.29) is 0 Å². The molecule has 2 rings (SSSR count). The Hall–Kier alpha value is -1.08. The van der Waals surface area contributed by atoms with Gasteiger partial charge in [0.1, 0.15) is 5.54 Å². The van der Waals surface area contributed by atoms with Crippen LogP contribution in [0.2, 0.25) is 0 Å². The van der Waals surface area contributed by atoms with Crippen LogP contribution in [0.15, 0.2) is 15.9 Å². The average Bonchev–Trinajstić information content (AvgIpc) is 2.85. The van der Waals surface area contributed by atoms with E-state index in [1.54, 1.807) is 0 Å². The number of carbonyl (C=O) groups excluding carboxylic acids is 1. The highest BCUT2D eigenvalue weighted by molar-refractivity contribution is 9.11. The molecule has 0 bridgehead atoms. The van der Waals surface area contributed by atoms with Gasteiger partial charge in [-0.25, -0.2) is 9.59 Å². The van der Waals surface area contributed by atoms with Crippen LogP contribution in [0.1, 0.15) is 37.5 Å². The molecule has 2 amide bonds. The van der Waals surface area contributed by atoms with Crippen molar-refractivity contribution in [1.82, 2.24) is 10.6 Å². The maximum atomic E-state index is 12.0. The molecule has 1 fully saturated rings. The van der Waals surface area contributed by atoms with Gasteiger partial charge in [-0.15, -0.1) is 11.3 Å². The fourth-order valence-corrected chi connectivity index (χ4v) is 3.95. The van der Waals surface area contributed by atoms with Crippen LogP contribution < -0.4 is 10.6 Å². The molecule has 1 heterocycles. The van der Waals surface area contributed by atoms with E-state index in [9.17, 15) is 14.7 Å². The molecule has 0 atom stereocenters. The van der Waals surface area contributed by atoms with E-state index in [2.05, 4.69) is 33.5 Å². The Bertz CT molecular complexity index is 524. The van der Waals surface area contributed by atoms with Crippen molar-refractivity contribution in [3.8, 4) is 0 Å². The van der Waals surface area contributed by atoms with E-state index in [0.29, 0.717) is 25.3 Å². The van der Waals surface area contributed by atoms with Crippen LogP contribution in [-0.2, 0) is 11.3 Å². The summed E-state index contributed by atoms with van der Waals surface area (Å²) < 4.78 is 1.00. The van der Waals surface area contributed by atoms with Gasteiger partial charge in [0, 0.05) is 4.88 Å². The van der Waals surface area contributed by atoms with Crippen LogP contribution >= 0.6 is 27.3 Å². The van der Waals surface area contributed by atoms with E-state index in [0.717, 1.165) is 21.5 Å². The quantitative estimate of drug-likeness (QED) is 0.755. The van der Waals surface area contributed by atoms with Gasteiger partial charge in [0.05, 0.1) is 10.3 Å². The van der Waals surface area contributed by atoms with E-state index in [4.69, 9.17) is 0 Å². The minimum Gasteiger partial charge on any atom is -0.480 e. The first-order valence-corrected chi connectivity index (χ1v) is 8.56. The Morgan fingerprint density at radius 1 is 1.43 bits per heavy atom. The second-order valence-corrected chi connectivity index (χ2v) is 8.13. The second-order valence-electron chi connectivity index (χ2n) is 5.58. The van der Waals surface area contributed by atoms with Gasteiger partial charge in [0.15, 0.2) is 0 Å². The number of aliphatic carboxylic acids is 1. The van der Waals surface area contributed by atoms with Crippen molar-refractivity contribution in [3.63, 3.8) is 0 Å². The summed E-state index contributed by atoms with van der Waals surface area (Å²) in [6.07, 6.45) is 2.62. The van der Waals surface area contributed by atoms with Gasteiger partial charge in [-0.05, 0) is 59.7 Å². The van der Waals surface area contributed by atoms with E-state index in [1.165, 1.54) is 11.3 Å². The smallest absolute Gasteiger partial charge is 0.329 e. The Morgan fingerprint density at radius 2 is 2.10 bits per heavy atom. The summed E-state index contributed by atoms with van der Waals surface area (Å²) in [7, 11) is 0. The van der Waals surface area contributed by atoms with Gasteiger partial charge in [-0.2, -0.15) is 0 Å². The number of hydrogen-bond acceptors (Lipinski definition) is 3. The number of nitrogens with one attached hydrogen (secondary N) is 2. The average molecular weight is 375 g/mol. The van der Waals surface area contributed by atoms with Crippen LogP contribution in [0.4, 0.5) is 4.79 Å². The van der Waals surface area contributed by atoms with E-state index >= 15 is 0 Å². The van der Waals surface area contributed by atoms with Crippen LogP contribution in [0.25, 0.3) is 0 Å². The predicted molar refractivity (Wildman–Crippen MR) is 85.4 cm³/mol. The molecule has 0 aliphatic heterocycles. The van der Waals surface area contributed by atoms with E-state index < -0.39 is 17.5 Å². The first kappa shape index (κ1) is 16.3. The Balaban J connectivity index is 1.91. The normalized spacial score (nSPS) is 25.3. The molecule has 3 N–H and O–H groups in total. The minimum absolute atomic E-state index is 0.397. The van der Waals surface area contributed by atoms with Gasteiger partial charge in [0.25, 0.3) is 0 Å². The van der Waals surface area contributed by atoms with Crippen molar-refractivity contribution in [1.29, 1.82) is 0 Å². The molecule has 5 nitrogen and oxygen atoms in total. The van der Waals surface area contributed by atoms with Crippen molar-refractivity contribution < 1.29 is 14.7 Å². The number of rotatable bonds is 4. The third kappa shape index (κ3) is 4.20. The van der Waals surface area contributed by atoms with Crippen LogP contribution in [0, 0.1) is 5.92 Å². The van der Waals surface area contributed by atoms with Crippen molar-refractivity contribution in [2.75, 3.05) is 0 Å². The highest BCUT2D eigenvalue weighted by atomic mass is 79.9. The molecule has 1 saturated carbocycles. The number of carbonyl (C=O) groups is 2. The number of thiophene rings is 1. The minimum atomic E-state index is -1.12. The lowest BCUT2D eigenvalue weighted by atomic mass is 9.77. The zero-order valence-electron chi connectivity index (χ0n) is 11.8. The third-order valence-electron chi connectivity index (χ3n) is 3.94. The molecule has 0 unspecified atom stereocenters. The molecule has 1 aliphatic carbocycles. The fourth-order valence-electron chi connectivity index (χ4n) is 2.52. The summed E-state index contributed by atoms with van der Waals surface area (Å²) in [6.45, 7) is 2.51. The molecule has 7 heteroatoms. The number of carboxylic acids is 1. The van der Waals surface area contributed by atoms with E-state index in [1.807, 2.05) is 12.1 Å². The molecular formula is C14H19BrN2O3S. The van der Waals surface area contributed by atoms with Crippen molar-refractivity contribution in [2.45, 2.75) is 44.7 Å². The summed E-state index contributed by atoms with van der Waals surface area (Å²) in [5.41, 5.74) is -1.12. The predicted octanol–water partition coefficient (Wildman–Crippen LogP) is 3.34. The molecule has 0 aromatic carbocycles. The fraction of sp³-hybridized carbons (Fsp3) is 0.571. The first-order valence-electron chi connectivity index (χ1n) is 6.95. The number of urea groups is 1. The third-order valence-corrected chi connectivity index (χ3v) is 5.57. The molecule has 1 aromatic rings. The monoisotopic (exact) mass is 374 g/mol. The van der Waals surface area contributed by atoms with Gasteiger partial charge in [0.2, 0.25) is 0 Å². The first-order chi connectivity index (χ1) is 9.91. The van der Waals surface area contributed by atoms with Crippen LogP contribution in [-0.4, -0.2) is 22.6 Å². The van der Waals surface area contributed by atoms with Crippen molar-refractivity contribution in [3.05, 3.63) is 20.8 Å². The number of hydrogen-bond donors (Lipinski definition) is 3. The lowest BCUT2D eigenvalue weighted by Gasteiger charge is -2.36. The Kier molecular flexibility index (Phi) is 5.27. The molecule has 0 saturated heterocycles. The zero-order chi connectivity index (χ0) is 15.5. The highest BCUT2D eigenvalue weighted by Crippen LogP contribution is 2.32. The number of amides is 2. The standard InChI is InChI=1S/C14H19BrN2O3S/c1-9-4-6-14(7-5-9,12(18)19)17-13(20)16-8-10-2-3-11(15)21-10/h2-3,9H,4-8H2,1H3,(H,18,19)(H2,16,17,20). The molecule has 0 spiro atoms. The molecule has 116 valence electrons. The van der Waals surface area contributed by atoms with Gasteiger partial charge in [-0.1, -0.05) is 6.92 Å². The van der Waals surface area contributed by atoms with Gasteiger partial charge >= 0.3 is 12.0 Å². The molecular weight excluding hydrogens is 356 g/mol. The SMILES string of the molecule is CC1CCC(NC(=O)NCc2ccc(Br)s2)(C(=O)O)CC1. The summed E-state index contributed by atoms with van der Waals surface area (Å²) in [4.78, 5) is 24.6. The Morgan fingerprint density at radius 3 is 2.62 bits per heavy atom. The molecule has 21 heavy (non-hydrogen) atoms. The molecule has 1 aliphatic rings.